The summed E-state index contributed by atoms with van der Waals surface area (Å²) >= 11 is 2.77. The van der Waals surface area contributed by atoms with Crippen LogP contribution < -0.4 is 0 Å². The van der Waals surface area contributed by atoms with Crippen LogP contribution in [-0.4, -0.2) is 8.75 Å². The van der Waals surface area contributed by atoms with Crippen LogP contribution >= 0.6 is 23.1 Å². The summed E-state index contributed by atoms with van der Waals surface area (Å²) in [6.45, 7) is 0. The molecule has 0 saturated heterocycles. The molecule has 3 aromatic rings. The molecule has 0 aliphatic heterocycles. The fraction of sp³-hybridized carbons (Fsp3) is 0. The van der Waals surface area contributed by atoms with Crippen molar-refractivity contribution in [3.05, 3.63) is 40.8 Å². The molecule has 4 nitrogen and oxygen atoms in total. The fourth-order valence-electron chi connectivity index (χ4n) is 1.88. The van der Waals surface area contributed by atoms with Gasteiger partial charge in [0.1, 0.15) is 28.7 Å². The van der Waals surface area contributed by atoms with Crippen LogP contribution in [0.15, 0.2) is 35.2 Å². The molecule has 6 heteroatoms. The maximum Gasteiger partial charge on any atom is 0.130 e. The van der Waals surface area contributed by atoms with Gasteiger partial charge in [-0.3, -0.25) is 0 Å². The van der Waals surface area contributed by atoms with Crippen molar-refractivity contribution in [2.45, 2.75) is 0 Å². The largest absolute Gasteiger partial charge is 0.192 e. The second-order valence-electron chi connectivity index (χ2n) is 3.92. The van der Waals surface area contributed by atoms with Gasteiger partial charge in [-0.2, -0.15) is 19.3 Å². The van der Waals surface area contributed by atoms with E-state index in [0.29, 0.717) is 0 Å². The minimum absolute atomic E-state index is 0.0585. The lowest BCUT2D eigenvalue weighted by Gasteiger charge is -2.01. The van der Waals surface area contributed by atoms with Gasteiger partial charge >= 0.3 is 0 Å². The number of nitrogens with zero attached hydrogens (tertiary/aromatic N) is 4. The van der Waals surface area contributed by atoms with E-state index < -0.39 is 0 Å². The van der Waals surface area contributed by atoms with Crippen LogP contribution in [0.3, 0.4) is 0 Å². The minimum atomic E-state index is 0.0585. The number of thiophene rings is 1. The summed E-state index contributed by atoms with van der Waals surface area (Å²) < 4.78 is 8.62. The number of rotatable bonds is 2. The maximum atomic E-state index is 8.84. The molecule has 0 radical (unpaired) electrons. The Labute approximate surface area is 123 Å². The van der Waals surface area contributed by atoms with Crippen LogP contribution in [0.4, 0.5) is 0 Å². The molecule has 94 valence electrons. The third-order valence-electron chi connectivity index (χ3n) is 2.77. The molecule has 2 heterocycles. The monoisotopic (exact) mass is 294 g/mol. The van der Waals surface area contributed by atoms with E-state index in [9.17, 15) is 0 Å². The Morgan fingerprint density at radius 3 is 2.60 bits per heavy atom. The zero-order valence-electron chi connectivity index (χ0n) is 10.1. The van der Waals surface area contributed by atoms with Crippen LogP contribution in [0.25, 0.3) is 27.6 Å². The third kappa shape index (κ3) is 2.08. The van der Waals surface area contributed by atoms with Gasteiger partial charge in [0, 0.05) is 16.0 Å². The first kappa shape index (κ1) is 12.5. The van der Waals surface area contributed by atoms with Gasteiger partial charge in [0.25, 0.3) is 0 Å². The van der Waals surface area contributed by atoms with Crippen LogP contribution in [-0.2, 0) is 0 Å². The lowest BCUT2D eigenvalue weighted by atomic mass is 10.1. The summed E-state index contributed by atoms with van der Waals surface area (Å²) in [5.41, 5.74) is 3.36. The lowest BCUT2D eigenvalue weighted by Crippen LogP contribution is -1.83. The second-order valence-corrected chi connectivity index (χ2v) is 5.40. The Kier molecular flexibility index (Phi) is 3.26. The topological polar surface area (TPSA) is 73.4 Å². The van der Waals surface area contributed by atoms with Crippen molar-refractivity contribution in [2.75, 3.05) is 0 Å². The minimum Gasteiger partial charge on any atom is -0.192 e. The summed E-state index contributed by atoms with van der Waals surface area (Å²) in [7, 11) is 0. The van der Waals surface area contributed by atoms with Crippen molar-refractivity contribution < 1.29 is 0 Å². The van der Waals surface area contributed by atoms with Crippen molar-refractivity contribution in [2.24, 2.45) is 0 Å². The van der Waals surface area contributed by atoms with Crippen molar-refractivity contribution in [3.8, 4) is 22.6 Å². The van der Waals surface area contributed by atoms with Crippen molar-refractivity contribution in [3.63, 3.8) is 0 Å². The molecule has 0 aliphatic carbocycles. The van der Waals surface area contributed by atoms with Gasteiger partial charge in [-0.05, 0) is 17.5 Å². The van der Waals surface area contributed by atoms with Gasteiger partial charge in [0.2, 0.25) is 0 Å². The van der Waals surface area contributed by atoms with E-state index in [-0.39, 0.29) is 5.57 Å². The predicted octanol–water partition coefficient (Wildman–Crippen LogP) is 3.85. The van der Waals surface area contributed by atoms with Gasteiger partial charge in [0.05, 0.1) is 11.7 Å². The maximum absolute atomic E-state index is 8.84. The average molecular weight is 294 g/mol. The van der Waals surface area contributed by atoms with E-state index in [2.05, 4.69) is 8.75 Å². The molecule has 0 amide bonds. The highest BCUT2D eigenvalue weighted by molar-refractivity contribution is 7.13. The quantitative estimate of drug-likeness (QED) is 0.673. The Hall–Kier alpha value is -2.54. The molecule has 0 saturated carbocycles. The van der Waals surface area contributed by atoms with E-state index in [0.717, 1.165) is 38.8 Å². The van der Waals surface area contributed by atoms with Gasteiger partial charge in [-0.25, -0.2) is 0 Å². The number of aromatic nitrogens is 2. The van der Waals surface area contributed by atoms with E-state index in [1.165, 1.54) is 0 Å². The van der Waals surface area contributed by atoms with Crippen molar-refractivity contribution in [1.82, 2.24) is 8.75 Å². The third-order valence-corrected chi connectivity index (χ3v) is 4.21. The summed E-state index contributed by atoms with van der Waals surface area (Å²) in [6.07, 6.45) is 1.54. The smallest absolute Gasteiger partial charge is 0.130 e. The Morgan fingerprint density at radius 1 is 1.10 bits per heavy atom. The fourth-order valence-corrected chi connectivity index (χ4v) is 3.21. The molecule has 0 spiro atoms. The van der Waals surface area contributed by atoms with Crippen LogP contribution in [0.2, 0.25) is 0 Å². The molecule has 1 aromatic carbocycles. The average Bonchev–Trinajstić information content (AvgIpc) is 3.15. The summed E-state index contributed by atoms with van der Waals surface area (Å²) in [6, 6.07) is 11.6. The van der Waals surface area contributed by atoms with E-state index in [4.69, 9.17) is 10.5 Å². The Morgan fingerprint density at radius 2 is 1.90 bits per heavy atom. The highest BCUT2D eigenvalue weighted by Crippen LogP contribution is 2.33. The SMILES string of the molecule is N#CC(C#N)=Cc1ccc(-c2cccs2)c2nsnc12. The molecule has 0 aliphatic rings. The molecule has 0 fully saturated rings. The summed E-state index contributed by atoms with van der Waals surface area (Å²) in [4.78, 5) is 1.12. The summed E-state index contributed by atoms with van der Waals surface area (Å²) in [5, 5.41) is 19.7. The van der Waals surface area contributed by atoms with Gasteiger partial charge in [-0.15, -0.1) is 11.3 Å². The number of hydrogen-bond donors (Lipinski definition) is 0. The first-order valence-electron chi connectivity index (χ1n) is 5.64. The van der Waals surface area contributed by atoms with Crippen molar-refractivity contribution in [1.29, 1.82) is 10.5 Å². The van der Waals surface area contributed by atoms with Gasteiger partial charge in [0.15, 0.2) is 0 Å². The highest BCUT2D eigenvalue weighted by atomic mass is 32.1. The number of nitriles is 2. The number of hydrogen-bond acceptors (Lipinski definition) is 6. The van der Waals surface area contributed by atoms with E-state index in [1.807, 2.05) is 41.8 Å². The first-order chi connectivity index (χ1) is 9.83. The van der Waals surface area contributed by atoms with Crippen LogP contribution in [0, 0.1) is 22.7 Å². The summed E-state index contributed by atoms with van der Waals surface area (Å²) in [5.74, 6) is 0. The molecule has 2 aromatic heterocycles. The number of benzene rings is 1. The first-order valence-corrected chi connectivity index (χ1v) is 7.25. The van der Waals surface area contributed by atoms with Gasteiger partial charge in [-0.1, -0.05) is 18.2 Å². The standard InChI is InChI=1S/C14H6N4S2/c15-7-9(8-16)6-10-3-4-11(12-2-1-5-19-12)14-13(10)17-20-18-14/h1-6H. The van der Waals surface area contributed by atoms with E-state index in [1.54, 1.807) is 17.4 Å². The molecule has 0 bridgehead atoms. The zero-order chi connectivity index (χ0) is 13.9. The zero-order valence-corrected chi connectivity index (χ0v) is 11.7. The molecule has 0 unspecified atom stereocenters. The van der Waals surface area contributed by atoms with E-state index >= 15 is 0 Å². The number of fused-ring (bicyclic) bond motifs is 1. The second kappa shape index (κ2) is 5.22. The molecule has 20 heavy (non-hydrogen) atoms. The normalized spacial score (nSPS) is 9.90. The highest BCUT2D eigenvalue weighted by Gasteiger charge is 2.11. The molecular formula is C14H6N4S2. The van der Waals surface area contributed by atoms with Crippen LogP contribution in [0.1, 0.15) is 5.56 Å². The predicted molar refractivity (Wildman–Crippen MR) is 79.9 cm³/mol. The van der Waals surface area contributed by atoms with Crippen LogP contribution in [0.5, 0.6) is 0 Å². The number of allylic oxidation sites excluding steroid dienone is 1. The molecular weight excluding hydrogens is 288 g/mol. The molecule has 0 N–H and O–H groups in total. The Bertz CT molecular complexity index is 860. The molecule has 3 rings (SSSR count). The Balaban J connectivity index is 2.23. The molecule has 0 atom stereocenters. The lowest BCUT2D eigenvalue weighted by molar-refractivity contribution is 1.47. The van der Waals surface area contributed by atoms with Gasteiger partial charge < -0.3 is 0 Å². The van der Waals surface area contributed by atoms with Crippen molar-refractivity contribution >= 4 is 40.2 Å².